The Labute approximate surface area is 148 Å². The van der Waals surface area contributed by atoms with Crippen LogP contribution in [0.1, 0.15) is 28.8 Å². The molecule has 1 atom stereocenters. The first-order chi connectivity index (χ1) is 12.5. The zero-order valence-electron chi connectivity index (χ0n) is 14.0. The van der Waals surface area contributed by atoms with Crippen molar-refractivity contribution in [2.45, 2.75) is 18.5 Å². The first kappa shape index (κ1) is 16.7. The number of nitrogens with two attached hydrogens (primary N) is 1. The second kappa shape index (κ2) is 6.17. The van der Waals surface area contributed by atoms with Crippen LogP contribution >= 0.6 is 0 Å². The summed E-state index contributed by atoms with van der Waals surface area (Å²) in [5.41, 5.74) is 5.62. The van der Waals surface area contributed by atoms with E-state index in [-0.39, 0.29) is 5.56 Å². The van der Waals surface area contributed by atoms with E-state index in [0.717, 1.165) is 19.0 Å². The van der Waals surface area contributed by atoms with Crippen molar-refractivity contribution in [3.63, 3.8) is 0 Å². The lowest BCUT2D eigenvalue weighted by molar-refractivity contribution is 0.100. The van der Waals surface area contributed by atoms with E-state index in [0.29, 0.717) is 35.1 Å². The molecule has 2 aromatic carbocycles. The number of aromatic nitrogens is 2. The van der Waals surface area contributed by atoms with E-state index in [1.807, 2.05) is 0 Å². The Balaban J connectivity index is 1.72. The van der Waals surface area contributed by atoms with Crippen molar-refractivity contribution in [2.24, 2.45) is 5.73 Å². The fourth-order valence-corrected chi connectivity index (χ4v) is 3.45. The predicted molar refractivity (Wildman–Crippen MR) is 94.4 cm³/mol. The normalized spacial score (nSPS) is 20.4. The van der Waals surface area contributed by atoms with Crippen LogP contribution in [0, 0.1) is 5.82 Å². The zero-order valence-corrected chi connectivity index (χ0v) is 14.0. The van der Waals surface area contributed by atoms with Gasteiger partial charge in [-0.25, -0.2) is 13.5 Å². The third kappa shape index (κ3) is 2.84. The number of benzene rings is 2. The van der Waals surface area contributed by atoms with Gasteiger partial charge < -0.3 is 11.1 Å². The van der Waals surface area contributed by atoms with Crippen LogP contribution in [0.4, 0.5) is 8.78 Å². The van der Waals surface area contributed by atoms with Gasteiger partial charge in [0.1, 0.15) is 17.0 Å². The molecule has 4 rings (SSSR count). The average molecular weight is 356 g/mol. The van der Waals surface area contributed by atoms with Crippen LogP contribution in [0.2, 0.25) is 0 Å². The van der Waals surface area contributed by atoms with E-state index < -0.39 is 17.4 Å². The quantitative estimate of drug-likeness (QED) is 0.758. The molecule has 134 valence electrons. The molecule has 7 heteroatoms. The molecule has 1 saturated heterocycles. The van der Waals surface area contributed by atoms with Crippen molar-refractivity contribution in [2.75, 3.05) is 13.1 Å². The molecule has 3 N–H and O–H groups in total. The number of hydrogen-bond donors (Lipinski definition) is 2. The fourth-order valence-electron chi connectivity index (χ4n) is 3.45. The van der Waals surface area contributed by atoms with Gasteiger partial charge in [0.15, 0.2) is 0 Å². The maximum absolute atomic E-state index is 15.0. The first-order valence-electron chi connectivity index (χ1n) is 8.46. The van der Waals surface area contributed by atoms with Crippen LogP contribution in [-0.4, -0.2) is 28.8 Å². The Hall–Kier alpha value is -2.80. The predicted octanol–water partition coefficient (Wildman–Crippen LogP) is 2.81. The van der Waals surface area contributed by atoms with Gasteiger partial charge in [0.25, 0.3) is 5.91 Å². The van der Waals surface area contributed by atoms with Crippen LogP contribution in [-0.2, 0) is 5.67 Å². The third-order valence-electron chi connectivity index (χ3n) is 4.82. The SMILES string of the molecule is NC(=O)c1cc(F)cc2cn(-c3ccc([C@@]4(F)CCCNC4)cc3)nc12. The number of carbonyl (C=O) groups excluding carboxylic acids is 1. The van der Waals surface area contributed by atoms with Gasteiger partial charge in [-0.2, -0.15) is 5.10 Å². The number of primary amides is 1. The molecule has 1 fully saturated rings. The van der Waals surface area contributed by atoms with E-state index in [4.69, 9.17) is 5.73 Å². The molecule has 26 heavy (non-hydrogen) atoms. The van der Waals surface area contributed by atoms with Gasteiger partial charge in [0.05, 0.1) is 11.3 Å². The lowest BCUT2D eigenvalue weighted by atomic mass is 9.88. The summed E-state index contributed by atoms with van der Waals surface area (Å²) in [6.07, 6.45) is 2.91. The number of hydrogen-bond acceptors (Lipinski definition) is 3. The summed E-state index contributed by atoms with van der Waals surface area (Å²) in [5.74, 6) is -1.29. The molecule has 1 aliphatic heterocycles. The Morgan fingerprint density at radius 2 is 2.04 bits per heavy atom. The largest absolute Gasteiger partial charge is 0.366 e. The number of carbonyl (C=O) groups is 1. The van der Waals surface area contributed by atoms with Crippen LogP contribution in [0.3, 0.4) is 0 Å². The lowest BCUT2D eigenvalue weighted by Gasteiger charge is -2.30. The molecule has 0 radical (unpaired) electrons. The van der Waals surface area contributed by atoms with Crippen molar-refractivity contribution < 1.29 is 13.6 Å². The minimum Gasteiger partial charge on any atom is -0.366 e. The smallest absolute Gasteiger partial charge is 0.251 e. The van der Waals surface area contributed by atoms with Crippen LogP contribution < -0.4 is 11.1 Å². The topological polar surface area (TPSA) is 72.9 Å². The summed E-state index contributed by atoms with van der Waals surface area (Å²) in [7, 11) is 0. The summed E-state index contributed by atoms with van der Waals surface area (Å²) in [6.45, 7) is 1.14. The molecular weight excluding hydrogens is 338 g/mol. The Morgan fingerprint density at radius 3 is 2.69 bits per heavy atom. The highest BCUT2D eigenvalue weighted by molar-refractivity contribution is 6.04. The minimum atomic E-state index is -1.37. The summed E-state index contributed by atoms with van der Waals surface area (Å²) in [5, 5.41) is 7.91. The molecule has 0 saturated carbocycles. The van der Waals surface area contributed by atoms with Gasteiger partial charge >= 0.3 is 0 Å². The van der Waals surface area contributed by atoms with Gasteiger partial charge in [-0.15, -0.1) is 0 Å². The second-order valence-corrected chi connectivity index (χ2v) is 6.62. The van der Waals surface area contributed by atoms with Gasteiger partial charge in [-0.1, -0.05) is 12.1 Å². The van der Waals surface area contributed by atoms with Crippen molar-refractivity contribution >= 4 is 16.8 Å². The maximum Gasteiger partial charge on any atom is 0.251 e. The van der Waals surface area contributed by atoms with E-state index >= 15 is 4.39 Å². The zero-order chi connectivity index (χ0) is 18.3. The second-order valence-electron chi connectivity index (χ2n) is 6.62. The molecule has 1 aromatic heterocycles. The van der Waals surface area contributed by atoms with Crippen molar-refractivity contribution in [3.8, 4) is 5.69 Å². The molecule has 1 aliphatic rings. The Morgan fingerprint density at radius 1 is 1.27 bits per heavy atom. The molecule has 5 nitrogen and oxygen atoms in total. The molecule has 3 aromatic rings. The van der Waals surface area contributed by atoms with Crippen molar-refractivity contribution in [1.82, 2.24) is 15.1 Å². The van der Waals surface area contributed by atoms with Crippen LogP contribution in [0.15, 0.2) is 42.6 Å². The summed E-state index contributed by atoms with van der Waals surface area (Å²) >= 11 is 0. The van der Waals surface area contributed by atoms with Crippen molar-refractivity contribution in [1.29, 1.82) is 0 Å². The molecule has 0 bridgehead atoms. The number of halogens is 2. The molecule has 0 unspecified atom stereocenters. The van der Waals surface area contributed by atoms with Gasteiger partial charge in [-0.3, -0.25) is 4.79 Å². The number of nitrogens with one attached hydrogen (secondary N) is 1. The number of amides is 1. The van der Waals surface area contributed by atoms with Crippen LogP contribution in [0.25, 0.3) is 16.6 Å². The highest BCUT2D eigenvalue weighted by atomic mass is 19.1. The summed E-state index contributed by atoms with van der Waals surface area (Å²) in [6, 6.07) is 9.38. The highest BCUT2D eigenvalue weighted by Crippen LogP contribution is 2.33. The highest BCUT2D eigenvalue weighted by Gasteiger charge is 2.33. The van der Waals surface area contributed by atoms with Gasteiger partial charge in [-0.05, 0) is 49.2 Å². The van der Waals surface area contributed by atoms with E-state index in [1.165, 1.54) is 10.7 Å². The average Bonchev–Trinajstić information content (AvgIpc) is 3.05. The monoisotopic (exact) mass is 356 g/mol. The number of alkyl halides is 1. The first-order valence-corrected chi connectivity index (χ1v) is 8.46. The maximum atomic E-state index is 15.0. The number of rotatable bonds is 3. The lowest BCUT2D eigenvalue weighted by Crippen LogP contribution is -2.40. The standard InChI is InChI=1S/C19H18F2N4O/c20-14-8-12-10-25(24-17(12)16(9-14)18(22)26)15-4-2-13(3-5-15)19(21)6-1-7-23-11-19/h2-5,8-10,23H,1,6-7,11H2,(H2,22,26)/t19-/m1/s1. The van der Waals surface area contributed by atoms with E-state index in [9.17, 15) is 9.18 Å². The number of nitrogens with zero attached hydrogens (tertiary/aromatic N) is 2. The van der Waals surface area contributed by atoms with Gasteiger partial charge in [0.2, 0.25) is 0 Å². The summed E-state index contributed by atoms with van der Waals surface area (Å²) in [4.78, 5) is 11.5. The van der Waals surface area contributed by atoms with Gasteiger partial charge in [0, 0.05) is 18.1 Å². The molecular formula is C19H18F2N4O. The van der Waals surface area contributed by atoms with E-state index in [2.05, 4.69) is 10.4 Å². The summed E-state index contributed by atoms with van der Waals surface area (Å²) < 4.78 is 30.2. The third-order valence-corrected chi connectivity index (χ3v) is 4.82. The van der Waals surface area contributed by atoms with E-state index in [1.54, 1.807) is 30.5 Å². The van der Waals surface area contributed by atoms with Crippen LogP contribution in [0.5, 0.6) is 0 Å². The molecule has 1 amide bonds. The fraction of sp³-hybridized carbons (Fsp3) is 0.263. The molecule has 0 aliphatic carbocycles. The minimum absolute atomic E-state index is 0.0337. The molecule has 0 spiro atoms. The number of fused-ring (bicyclic) bond motifs is 1. The Kier molecular flexibility index (Phi) is 3.96. The Bertz CT molecular complexity index is 975. The number of piperidine rings is 1. The van der Waals surface area contributed by atoms with Crippen molar-refractivity contribution in [3.05, 3.63) is 59.5 Å². The molecule has 2 heterocycles.